The number of alkyl halides is 2. The summed E-state index contributed by atoms with van der Waals surface area (Å²) in [6.07, 6.45) is 5.96. The van der Waals surface area contributed by atoms with Gasteiger partial charge in [-0.05, 0) is 49.8 Å². The van der Waals surface area contributed by atoms with E-state index in [1.165, 1.54) is 25.3 Å². The zero-order chi connectivity index (χ0) is 20.9. The van der Waals surface area contributed by atoms with Crippen molar-refractivity contribution in [3.63, 3.8) is 0 Å². The van der Waals surface area contributed by atoms with Crippen molar-refractivity contribution >= 4 is 0 Å². The van der Waals surface area contributed by atoms with Gasteiger partial charge in [-0.2, -0.15) is 0 Å². The number of hydrogen-bond acceptors (Lipinski definition) is 2. The maximum absolute atomic E-state index is 14.7. The number of ether oxygens (including phenoxy) is 2. The molecule has 0 aromatic heterocycles. The lowest BCUT2D eigenvalue weighted by atomic mass is 9.77. The van der Waals surface area contributed by atoms with E-state index in [-0.39, 0.29) is 17.8 Å². The minimum atomic E-state index is -2.94. The number of benzene rings is 1. The van der Waals surface area contributed by atoms with E-state index in [0.29, 0.717) is 44.8 Å². The molecule has 0 N–H and O–H groups in total. The Labute approximate surface area is 171 Å². The zero-order valence-electron chi connectivity index (χ0n) is 17.1. The SMILES string of the molecule is CCCCCC1COC([C@H]2CC[C@H](C(F)(F)Cc3ccc(F)c(F)c3)CC2)OC1. The monoisotopic (exact) mass is 416 g/mol. The predicted molar refractivity (Wildman–Crippen MR) is 104 cm³/mol. The molecule has 6 heteroatoms. The average Bonchev–Trinajstić information content (AvgIpc) is 2.71. The van der Waals surface area contributed by atoms with Gasteiger partial charge in [0.1, 0.15) is 0 Å². The standard InChI is InChI=1S/C23H32F4O2/c1-2-3-4-5-17-14-28-22(29-15-17)18-7-9-19(10-8-18)23(26,27)13-16-6-11-20(24)21(25)12-16/h6,11-12,17-19,22H,2-5,7-10,13-15H2,1H3/t17?,18-,19-,22?. The van der Waals surface area contributed by atoms with E-state index >= 15 is 0 Å². The van der Waals surface area contributed by atoms with E-state index in [0.717, 1.165) is 18.6 Å². The lowest BCUT2D eigenvalue weighted by molar-refractivity contribution is -0.232. The summed E-state index contributed by atoms with van der Waals surface area (Å²) in [6.45, 7) is 3.57. The van der Waals surface area contributed by atoms with Crippen LogP contribution in [-0.2, 0) is 15.9 Å². The van der Waals surface area contributed by atoms with Crippen LogP contribution in [0.25, 0.3) is 0 Å². The minimum absolute atomic E-state index is 0.129. The van der Waals surface area contributed by atoms with E-state index in [2.05, 4.69) is 6.92 Å². The fraction of sp³-hybridized carbons (Fsp3) is 0.739. The molecule has 3 rings (SSSR count). The van der Waals surface area contributed by atoms with Crippen LogP contribution in [0, 0.1) is 29.4 Å². The number of unbranched alkanes of at least 4 members (excludes halogenated alkanes) is 2. The van der Waals surface area contributed by atoms with Crippen LogP contribution in [-0.4, -0.2) is 25.4 Å². The first-order chi connectivity index (χ1) is 13.9. The fourth-order valence-corrected chi connectivity index (χ4v) is 4.56. The van der Waals surface area contributed by atoms with Crippen LogP contribution in [0.1, 0.15) is 63.9 Å². The highest BCUT2D eigenvalue weighted by Crippen LogP contribution is 2.42. The Kier molecular flexibility index (Phi) is 7.97. The number of hydrogen-bond donors (Lipinski definition) is 0. The Balaban J connectivity index is 1.44. The molecular formula is C23H32F4O2. The second-order valence-electron chi connectivity index (χ2n) is 8.69. The second-order valence-corrected chi connectivity index (χ2v) is 8.69. The quantitative estimate of drug-likeness (QED) is 0.355. The molecule has 0 amide bonds. The van der Waals surface area contributed by atoms with E-state index in [1.807, 2.05) is 0 Å². The molecule has 1 saturated heterocycles. The fourth-order valence-electron chi connectivity index (χ4n) is 4.56. The Hall–Kier alpha value is -1.14. The summed E-state index contributed by atoms with van der Waals surface area (Å²) in [7, 11) is 0. The van der Waals surface area contributed by atoms with Crippen LogP contribution < -0.4 is 0 Å². The van der Waals surface area contributed by atoms with Gasteiger partial charge in [0.05, 0.1) is 13.2 Å². The lowest BCUT2D eigenvalue weighted by Crippen LogP contribution is -2.41. The summed E-state index contributed by atoms with van der Waals surface area (Å²) in [5.41, 5.74) is 0.129. The van der Waals surface area contributed by atoms with Gasteiger partial charge in [0, 0.05) is 24.2 Å². The second kappa shape index (κ2) is 10.3. The molecule has 164 valence electrons. The molecule has 0 spiro atoms. The third-order valence-corrected chi connectivity index (χ3v) is 6.39. The van der Waals surface area contributed by atoms with Crippen molar-refractivity contribution in [2.24, 2.45) is 17.8 Å². The molecule has 2 aliphatic rings. The Morgan fingerprint density at radius 2 is 1.66 bits per heavy atom. The lowest BCUT2D eigenvalue weighted by Gasteiger charge is -2.39. The van der Waals surface area contributed by atoms with Crippen molar-refractivity contribution in [2.45, 2.75) is 76.9 Å². The molecule has 1 saturated carbocycles. The molecule has 1 aromatic rings. The van der Waals surface area contributed by atoms with Crippen LogP contribution in [0.15, 0.2) is 18.2 Å². The number of halogens is 4. The first kappa shape index (κ1) is 22.5. The first-order valence-corrected chi connectivity index (χ1v) is 10.9. The van der Waals surface area contributed by atoms with Crippen molar-refractivity contribution in [1.29, 1.82) is 0 Å². The van der Waals surface area contributed by atoms with Crippen molar-refractivity contribution in [3.8, 4) is 0 Å². The third-order valence-electron chi connectivity index (χ3n) is 6.39. The van der Waals surface area contributed by atoms with Crippen LogP contribution >= 0.6 is 0 Å². The Bertz CT molecular complexity index is 636. The van der Waals surface area contributed by atoms with Gasteiger partial charge in [-0.1, -0.05) is 32.3 Å². The third kappa shape index (κ3) is 6.17. The molecule has 1 heterocycles. The highest BCUT2D eigenvalue weighted by molar-refractivity contribution is 5.19. The Morgan fingerprint density at radius 1 is 0.966 bits per heavy atom. The highest BCUT2D eigenvalue weighted by Gasteiger charge is 2.43. The first-order valence-electron chi connectivity index (χ1n) is 10.9. The summed E-state index contributed by atoms with van der Waals surface area (Å²) in [5, 5.41) is 0. The molecule has 0 unspecified atom stereocenters. The smallest absolute Gasteiger partial charge is 0.254 e. The van der Waals surface area contributed by atoms with E-state index in [1.54, 1.807) is 0 Å². The zero-order valence-corrected chi connectivity index (χ0v) is 17.1. The molecule has 0 atom stereocenters. The molecular weight excluding hydrogens is 384 g/mol. The van der Waals surface area contributed by atoms with Gasteiger partial charge in [-0.25, -0.2) is 17.6 Å². The van der Waals surface area contributed by atoms with Crippen molar-refractivity contribution < 1.29 is 27.0 Å². The summed E-state index contributed by atoms with van der Waals surface area (Å²) >= 11 is 0. The molecule has 1 aromatic carbocycles. The Morgan fingerprint density at radius 3 is 2.28 bits per heavy atom. The van der Waals surface area contributed by atoms with Crippen LogP contribution in [0.4, 0.5) is 17.6 Å². The molecule has 1 aliphatic heterocycles. The summed E-state index contributed by atoms with van der Waals surface area (Å²) in [6, 6.07) is 3.01. The molecule has 0 bridgehead atoms. The van der Waals surface area contributed by atoms with E-state index < -0.39 is 29.9 Å². The van der Waals surface area contributed by atoms with E-state index in [4.69, 9.17) is 9.47 Å². The van der Waals surface area contributed by atoms with Gasteiger partial charge in [-0.15, -0.1) is 0 Å². The minimum Gasteiger partial charge on any atom is -0.352 e. The van der Waals surface area contributed by atoms with Crippen LogP contribution in [0.3, 0.4) is 0 Å². The van der Waals surface area contributed by atoms with Gasteiger partial charge >= 0.3 is 0 Å². The topological polar surface area (TPSA) is 18.5 Å². The average molecular weight is 416 g/mol. The highest BCUT2D eigenvalue weighted by atomic mass is 19.3. The van der Waals surface area contributed by atoms with Crippen LogP contribution in [0.5, 0.6) is 0 Å². The molecule has 2 nitrogen and oxygen atoms in total. The molecule has 1 aliphatic carbocycles. The summed E-state index contributed by atoms with van der Waals surface area (Å²) in [4.78, 5) is 0. The van der Waals surface area contributed by atoms with E-state index in [9.17, 15) is 17.6 Å². The van der Waals surface area contributed by atoms with Crippen LogP contribution in [0.2, 0.25) is 0 Å². The van der Waals surface area contributed by atoms with Crippen molar-refractivity contribution in [1.82, 2.24) is 0 Å². The normalized spacial score (nSPS) is 28.4. The molecule has 0 radical (unpaired) electrons. The molecule has 2 fully saturated rings. The van der Waals surface area contributed by atoms with Gasteiger partial charge in [-0.3, -0.25) is 0 Å². The van der Waals surface area contributed by atoms with Gasteiger partial charge in [0.2, 0.25) is 0 Å². The molecule has 29 heavy (non-hydrogen) atoms. The van der Waals surface area contributed by atoms with Crippen molar-refractivity contribution in [3.05, 3.63) is 35.4 Å². The maximum Gasteiger partial charge on any atom is 0.254 e. The number of rotatable bonds is 8. The largest absolute Gasteiger partial charge is 0.352 e. The van der Waals surface area contributed by atoms with Gasteiger partial charge in [0.15, 0.2) is 17.9 Å². The van der Waals surface area contributed by atoms with Gasteiger partial charge < -0.3 is 9.47 Å². The van der Waals surface area contributed by atoms with Gasteiger partial charge in [0.25, 0.3) is 5.92 Å². The summed E-state index contributed by atoms with van der Waals surface area (Å²) in [5.74, 6) is -5.19. The summed E-state index contributed by atoms with van der Waals surface area (Å²) < 4.78 is 67.6. The predicted octanol–water partition coefficient (Wildman–Crippen LogP) is 6.52. The van der Waals surface area contributed by atoms with Crippen molar-refractivity contribution in [2.75, 3.05) is 13.2 Å². The maximum atomic E-state index is 14.7.